The molecule has 232 valence electrons. The van der Waals surface area contributed by atoms with Crippen molar-refractivity contribution < 1.29 is 19.1 Å². The van der Waals surface area contributed by atoms with Crippen LogP contribution in [0.3, 0.4) is 0 Å². The van der Waals surface area contributed by atoms with Gasteiger partial charge in [0.1, 0.15) is 12.7 Å². The van der Waals surface area contributed by atoms with E-state index in [1.54, 1.807) is 33.8 Å². The Kier molecular flexibility index (Phi) is 14.4. The number of rotatable bonds is 8. The van der Waals surface area contributed by atoms with E-state index in [9.17, 15) is 9.59 Å². The summed E-state index contributed by atoms with van der Waals surface area (Å²) in [6, 6.07) is 11.1. The van der Waals surface area contributed by atoms with Crippen LogP contribution in [0.4, 0.5) is 11.4 Å². The van der Waals surface area contributed by atoms with Gasteiger partial charge in [0.15, 0.2) is 11.6 Å². The molecule has 0 radical (unpaired) electrons. The summed E-state index contributed by atoms with van der Waals surface area (Å²) in [4.78, 5) is 29.9. The minimum absolute atomic E-state index is 0.112. The maximum Gasteiger partial charge on any atom is 0.384 e. The van der Waals surface area contributed by atoms with Gasteiger partial charge in [-0.1, -0.05) is 23.2 Å². The zero-order valence-electron chi connectivity index (χ0n) is 25.1. The van der Waals surface area contributed by atoms with Crippen LogP contribution in [0.15, 0.2) is 55.1 Å². The normalized spacial score (nSPS) is 10.3. The molecule has 4 aromatic rings. The quantitative estimate of drug-likeness (QED) is 0.0933. The van der Waals surface area contributed by atoms with Crippen LogP contribution in [0.2, 0.25) is 10.0 Å². The molecule has 14 heteroatoms. The third-order valence-electron chi connectivity index (χ3n) is 5.00. The number of benzene rings is 2. The first-order valence-electron chi connectivity index (χ1n) is 13.2. The van der Waals surface area contributed by atoms with Crippen LogP contribution in [0.1, 0.15) is 27.7 Å². The zero-order chi connectivity index (χ0) is 32.6. The second-order valence-corrected chi connectivity index (χ2v) is 10.1. The van der Waals surface area contributed by atoms with E-state index in [0.29, 0.717) is 21.7 Å². The lowest BCUT2D eigenvalue weighted by Crippen LogP contribution is -2.08. The number of aromatic amines is 1. The first-order chi connectivity index (χ1) is 20.9. The lowest BCUT2D eigenvalue weighted by atomic mass is 10.2. The molecule has 2 aromatic carbocycles. The third-order valence-corrected chi connectivity index (χ3v) is 5.44. The number of hydrogen-bond acceptors (Lipinski definition) is 10. The van der Waals surface area contributed by atoms with Gasteiger partial charge in [-0.05, 0) is 64.1 Å². The van der Waals surface area contributed by atoms with Crippen LogP contribution in [0.25, 0.3) is 29.0 Å². The Morgan fingerprint density at radius 3 is 2.02 bits per heavy atom. The minimum atomic E-state index is -0.597. The maximum absolute atomic E-state index is 11.4. The minimum Gasteiger partial charge on any atom is -0.460 e. The number of terminal acetylenes is 1. The van der Waals surface area contributed by atoms with Crippen molar-refractivity contribution in [2.45, 2.75) is 39.9 Å². The fourth-order valence-electron chi connectivity index (χ4n) is 3.21. The molecule has 0 spiro atoms. The highest BCUT2D eigenvalue weighted by atomic mass is 35.5. The SMILES string of the molecule is C#CC(=O)OC(C)C.CNc1cc(Cl)cc(-c2ncn(/C=C\C(=O)OC(C)C)n2)c1.CNc1cc(Cl)cc(-c2ncn[nH]2)c1. The van der Waals surface area contributed by atoms with Crippen molar-refractivity contribution in [2.24, 2.45) is 0 Å². The van der Waals surface area contributed by atoms with E-state index in [0.717, 1.165) is 22.5 Å². The molecule has 0 aliphatic carbocycles. The summed E-state index contributed by atoms with van der Waals surface area (Å²) in [5.74, 6) is 2.04. The summed E-state index contributed by atoms with van der Waals surface area (Å²) in [5.41, 5.74) is 3.52. The van der Waals surface area contributed by atoms with Gasteiger partial charge >= 0.3 is 11.9 Å². The van der Waals surface area contributed by atoms with Crippen molar-refractivity contribution in [3.05, 3.63) is 65.2 Å². The van der Waals surface area contributed by atoms with Crippen LogP contribution in [0, 0.1) is 12.3 Å². The number of anilines is 2. The molecule has 0 aliphatic rings. The Balaban J connectivity index is 0.000000261. The number of H-pyrrole nitrogens is 1. The average molecular weight is 642 g/mol. The molecular weight excluding hydrogens is 607 g/mol. The van der Waals surface area contributed by atoms with Gasteiger partial charge in [-0.2, -0.15) is 5.10 Å². The first-order valence-corrected chi connectivity index (χ1v) is 14.0. The largest absolute Gasteiger partial charge is 0.460 e. The highest BCUT2D eigenvalue weighted by Crippen LogP contribution is 2.25. The fraction of sp³-hybridized carbons (Fsp3) is 0.267. The topological polar surface area (TPSA) is 149 Å². The summed E-state index contributed by atoms with van der Waals surface area (Å²) in [7, 11) is 3.65. The molecule has 0 saturated carbocycles. The van der Waals surface area contributed by atoms with Gasteiger partial charge in [-0.15, -0.1) is 11.5 Å². The molecule has 4 rings (SSSR count). The Morgan fingerprint density at radius 1 is 0.932 bits per heavy atom. The van der Waals surface area contributed by atoms with Crippen LogP contribution in [-0.4, -0.2) is 68.2 Å². The van der Waals surface area contributed by atoms with Crippen LogP contribution >= 0.6 is 23.2 Å². The molecule has 0 unspecified atom stereocenters. The number of nitrogens with zero attached hydrogens (tertiary/aromatic N) is 5. The smallest absolute Gasteiger partial charge is 0.384 e. The van der Waals surface area contributed by atoms with Crippen molar-refractivity contribution in [1.29, 1.82) is 0 Å². The second-order valence-electron chi connectivity index (χ2n) is 9.24. The number of nitrogens with one attached hydrogen (secondary N) is 3. The number of hydrogen-bond donors (Lipinski definition) is 3. The molecule has 44 heavy (non-hydrogen) atoms. The van der Waals surface area contributed by atoms with E-state index in [1.165, 1.54) is 29.6 Å². The highest BCUT2D eigenvalue weighted by Gasteiger charge is 2.07. The molecule has 3 N–H and O–H groups in total. The van der Waals surface area contributed by atoms with Crippen LogP contribution < -0.4 is 10.6 Å². The number of esters is 2. The zero-order valence-corrected chi connectivity index (χ0v) is 26.6. The average Bonchev–Trinajstić information content (AvgIpc) is 3.68. The van der Waals surface area contributed by atoms with E-state index < -0.39 is 11.9 Å². The van der Waals surface area contributed by atoms with Gasteiger partial charge in [0, 0.05) is 64.8 Å². The number of carbonyl (C=O) groups is 2. The Morgan fingerprint density at radius 2 is 1.52 bits per heavy atom. The molecule has 0 fully saturated rings. The summed E-state index contributed by atoms with van der Waals surface area (Å²) in [6.45, 7) is 7.07. The van der Waals surface area contributed by atoms with Crippen molar-refractivity contribution in [1.82, 2.24) is 29.9 Å². The molecular formula is C30H34Cl2N8O4. The van der Waals surface area contributed by atoms with Crippen molar-refractivity contribution in [2.75, 3.05) is 24.7 Å². The molecule has 0 amide bonds. The van der Waals surface area contributed by atoms with Gasteiger partial charge in [-0.25, -0.2) is 24.2 Å². The van der Waals surface area contributed by atoms with E-state index in [4.69, 9.17) is 34.4 Å². The number of ether oxygens (including phenoxy) is 2. The Bertz CT molecular complexity index is 1580. The van der Waals surface area contributed by atoms with E-state index in [1.807, 2.05) is 50.3 Å². The molecule has 0 aliphatic heterocycles. The van der Waals surface area contributed by atoms with Gasteiger partial charge < -0.3 is 20.1 Å². The Labute approximate surface area is 266 Å². The molecule has 2 aromatic heterocycles. The van der Waals surface area contributed by atoms with Crippen molar-refractivity contribution >= 4 is 52.7 Å². The molecule has 0 bridgehead atoms. The summed E-state index contributed by atoms with van der Waals surface area (Å²) < 4.78 is 11.0. The van der Waals surface area contributed by atoms with Crippen LogP contribution in [-0.2, 0) is 19.1 Å². The van der Waals surface area contributed by atoms with Crippen molar-refractivity contribution in [3.8, 4) is 35.1 Å². The Hall–Kier alpha value is -4.86. The number of carbonyl (C=O) groups excluding carboxylic acids is 2. The van der Waals surface area contributed by atoms with Crippen LogP contribution in [0.5, 0.6) is 0 Å². The number of aromatic nitrogens is 6. The van der Waals surface area contributed by atoms with E-state index >= 15 is 0 Å². The van der Waals surface area contributed by atoms with Gasteiger partial charge in [0.05, 0.1) is 12.2 Å². The van der Waals surface area contributed by atoms with Gasteiger partial charge in [0.25, 0.3) is 0 Å². The summed E-state index contributed by atoms with van der Waals surface area (Å²) in [6.07, 6.45) is 10.2. The molecule has 0 atom stereocenters. The molecule has 0 saturated heterocycles. The number of halogens is 2. The maximum atomic E-state index is 11.4. The molecule has 12 nitrogen and oxygen atoms in total. The lowest BCUT2D eigenvalue weighted by Gasteiger charge is -2.03. The first kappa shape index (κ1) is 35.3. The highest BCUT2D eigenvalue weighted by molar-refractivity contribution is 6.31. The lowest BCUT2D eigenvalue weighted by molar-refractivity contribution is -0.141. The summed E-state index contributed by atoms with van der Waals surface area (Å²) in [5, 5.41) is 18.1. The predicted molar refractivity (Wildman–Crippen MR) is 173 cm³/mol. The molecule has 2 heterocycles. The standard InChI is InChI=1S/C15H17ClN4O2.C9H9ClN4.C6H8O2/c1-10(2)22-14(21)4-5-20-9-18-15(19-20)11-6-12(16)8-13(7-11)17-3;1-11-8-3-6(2-7(10)4-8)9-12-5-13-14-9;1-4-6(7)8-5(2)3/h4-10,17H,1-3H3;2-5,11H,1H3,(H,12,13,14);1,5H,2-3H3/b5-4-;;. The second kappa shape index (κ2) is 17.9. The van der Waals surface area contributed by atoms with Gasteiger partial charge in [0.2, 0.25) is 0 Å². The van der Waals surface area contributed by atoms with E-state index in [2.05, 4.69) is 40.6 Å². The fourth-order valence-corrected chi connectivity index (χ4v) is 3.68. The summed E-state index contributed by atoms with van der Waals surface area (Å²) >= 11 is 12.0. The monoisotopic (exact) mass is 640 g/mol. The predicted octanol–water partition coefficient (Wildman–Crippen LogP) is 5.80. The van der Waals surface area contributed by atoms with E-state index in [-0.39, 0.29) is 12.2 Å². The van der Waals surface area contributed by atoms with Gasteiger partial charge in [-0.3, -0.25) is 5.10 Å². The third kappa shape index (κ3) is 12.6. The van der Waals surface area contributed by atoms with Crippen molar-refractivity contribution in [3.63, 3.8) is 0 Å².